The van der Waals surface area contributed by atoms with Gasteiger partial charge in [-0.1, -0.05) is 0 Å². The first-order chi connectivity index (χ1) is 18.6. The van der Waals surface area contributed by atoms with Crippen LogP contribution in [0.25, 0.3) is 34.4 Å². The van der Waals surface area contributed by atoms with Crippen LogP contribution in [0.5, 0.6) is 0 Å². The molecule has 0 fully saturated rings. The van der Waals surface area contributed by atoms with Crippen LogP contribution in [0.4, 0.5) is 0 Å². The van der Waals surface area contributed by atoms with Crippen LogP contribution < -0.4 is 24.8 Å². The van der Waals surface area contributed by atoms with E-state index in [1.165, 1.54) is 33.4 Å². The Morgan fingerprint density at radius 1 is 0.550 bits per heavy atom. The number of benzene rings is 4. The van der Waals surface area contributed by atoms with E-state index in [4.69, 9.17) is 0 Å². The third-order valence-corrected chi connectivity index (χ3v) is 36.2. The minimum absolute atomic E-state index is 0. The Morgan fingerprint density at radius 2 is 0.950 bits per heavy atom. The molecule has 0 N–H and O–H groups in total. The summed E-state index contributed by atoms with van der Waals surface area (Å²) in [7, 11) is 0. The van der Waals surface area contributed by atoms with Gasteiger partial charge in [0.25, 0.3) is 0 Å². The topological polar surface area (TPSA) is 0 Å². The van der Waals surface area contributed by atoms with E-state index in [-0.39, 0.29) is 24.8 Å². The average molecular weight is 746 g/mol. The predicted molar refractivity (Wildman–Crippen MR) is 163 cm³/mol. The number of hydrogen-bond acceptors (Lipinski definition) is 0. The Morgan fingerprint density at radius 3 is 1.30 bits per heavy atom. The van der Waals surface area contributed by atoms with Crippen molar-refractivity contribution >= 4 is 17.6 Å². The molecule has 202 valence electrons. The first-order valence-corrected chi connectivity index (χ1v) is 26.1. The van der Waals surface area contributed by atoms with E-state index in [9.17, 15) is 0 Å². The summed E-state index contributed by atoms with van der Waals surface area (Å²) in [6, 6.07) is 36.3. The zero-order valence-electron chi connectivity index (χ0n) is 23.7. The first-order valence-electron chi connectivity index (χ1n) is 14.1. The van der Waals surface area contributed by atoms with Gasteiger partial charge < -0.3 is 24.8 Å². The van der Waals surface area contributed by atoms with Crippen LogP contribution in [0.2, 0.25) is 13.1 Å². The molecule has 0 saturated carbocycles. The summed E-state index contributed by atoms with van der Waals surface area (Å²) < 4.78 is 1.39. The van der Waals surface area contributed by atoms with Gasteiger partial charge in [-0.2, -0.15) is 0 Å². The standard InChI is InChI=1S/2C17H15.C2H6Si.2ClH.Hf/c2*1-2-13-11-15-9-6-10-16(17(15)12-13)14-7-4-3-5-8-14;1-3-2;;;/h2*3-12H,2H2,1H3;1-2H3;2*1H;/q;;;;;+2/p-2. The summed E-state index contributed by atoms with van der Waals surface area (Å²) in [5.41, 5.74) is 14.8. The number of allylic oxidation sites excluding steroid dienone is 2. The van der Waals surface area contributed by atoms with Crippen molar-refractivity contribution in [3.63, 3.8) is 0 Å². The minimum atomic E-state index is -2.32. The van der Waals surface area contributed by atoms with Gasteiger partial charge >= 0.3 is 238 Å². The maximum absolute atomic E-state index is 2.64. The molecule has 2 aliphatic rings. The van der Waals surface area contributed by atoms with E-state index in [1.54, 1.807) is 22.3 Å². The van der Waals surface area contributed by atoms with Crippen molar-refractivity contribution in [3.05, 3.63) is 130 Å². The molecule has 0 radical (unpaired) electrons. The molecular formula is C36H36Cl2HfSi. The fourth-order valence-electron chi connectivity index (χ4n) is 6.76. The Balaban J connectivity index is 0.00000185. The van der Waals surface area contributed by atoms with Crippen molar-refractivity contribution in [1.82, 2.24) is 0 Å². The van der Waals surface area contributed by atoms with Crippen LogP contribution in [-0.4, -0.2) is 5.49 Å². The molecule has 0 bridgehead atoms. The van der Waals surface area contributed by atoms with E-state index in [1.807, 2.05) is 0 Å². The van der Waals surface area contributed by atoms with Gasteiger partial charge in [0, 0.05) is 0 Å². The zero-order valence-corrected chi connectivity index (χ0v) is 29.8. The van der Waals surface area contributed by atoms with Crippen molar-refractivity contribution in [2.45, 2.75) is 47.1 Å². The fourth-order valence-corrected chi connectivity index (χ4v) is 36.3. The number of fused-ring (bicyclic) bond motifs is 2. The Bertz CT molecular complexity index is 1480. The summed E-state index contributed by atoms with van der Waals surface area (Å²) in [6.45, 7) is 10.1. The van der Waals surface area contributed by atoms with Crippen molar-refractivity contribution in [3.8, 4) is 22.3 Å². The van der Waals surface area contributed by atoms with Crippen LogP contribution in [0, 0.1) is 0 Å². The normalized spacial score (nSPS) is 16.4. The monoisotopic (exact) mass is 746 g/mol. The molecule has 0 spiro atoms. The van der Waals surface area contributed by atoms with Crippen molar-refractivity contribution in [2.75, 3.05) is 0 Å². The fraction of sp³-hybridized carbons (Fsp3) is 0.222. The van der Waals surface area contributed by atoms with Gasteiger partial charge in [0.05, 0.1) is 0 Å². The van der Waals surface area contributed by atoms with E-state index >= 15 is 0 Å². The molecule has 0 saturated heterocycles. The molecule has 2 aliphatic carbocycles. The Kier molecular flexibility index (Phi) is 10.3. The van der Waals surface area contributed by atoms with Crippen molar-refractivity contribution in [1.29, 1.82) is 0 Å². The SMILES string of the molecule is CCC1=Cc2c(-c3ccccc3)cccc2[CH]1[Hf+2]([CH]1C(CC)=Cc2c(-c3ccccc3)cccc21)=[Si](C)C.[Cl-].[Cl-]. The van der Waals surface area contributed by atoms with Crippen LogP contribution >= 0.6 is 0 Å². The number of halogens is 2. The molecule has 0 heterocycles. The molecule has 0 aliphatic heterocycles. The third-order valence-electron chi connectivity index (χ3n) is 8.49. The zero-order chi connectivity index (χ0) is 26.2. The Labute approximate surface area is 260 Å². The first kappa shape index (κ1) is 31.0. The molecule has 2 atom stereocenters. The van der Waals surface area contributed by atoms with Gasteiger partial charge in [-0.3, -0.25) is 0 Å². The van der Waals surface area contributed by atoms with E-state index < -0.39 is 25.6 Å². The van der Waals surface area contributed by atoms with Crippen LogP contribution in [0.3, 0.4) is 0 Å². The van der Waals surface area contributed by atoms with Gasteiger partial charge in [0.2, 0.25) is 0 Å². The Hall–Kier alpha value is -1.97. The average Bonchev–Trinajstić information content (AvgIpc) is 3.52. The summed E-state index contributed by atoms with van der Waals surface area (Å²) in [4.78, 5) is 0. The van der Waals surface area contributed by atoms with Crippen molar-refractivity contribution in [2.24, 2.45) is 0 Å². The maximum atomic E-state index is 2.64. The van der Waals surface area contributed by atoms with E-state index in [2.05, 4.69) is 136 Å². The molecule has 0 amide bonds. The molecule has 4 aromatic rings. The maximum Gasteiger partial charge on any atom is -1.00 e. The van der Waals surface area contributed by atoms with Crippen LogP contribution in [0.1, 0.15) is 56.3 Å². The number of rotatable bonds is 6. The largest absolute Gasteiger partial charge is 1.00 e. The van der Waals surface area contributed by atoms with Crippen LogP contribution in [0.15, 0.2) is 108 Å². The molecular weight excluding hydrogens is 710 g/mol. The van der Waals surface area contributed by atoms with E-state index in [0.29, 0.717) is 7.35 Å². The van der Waals surface area contributed by atoms with E-state index in [0.717, 1.165) is 12.8 Å². The van der Waals surface area contributed by atoms with Gasteiger partial charge in [-0.15, -0.1) is 0 Å². The van der Waals surface area contributed by atoms with Crippen LogP contribution in [-0.2, 0) is 20.1 Å². The number of hydrogen-bond donors (Lipinski definition) is 0. The van der Waals surface area contributed by atoms with Gasteiger partial charge in [0.15, 0.2) is 0 Å². The van der Waals surface area contributed by atoms with Gasteiger partial charge in [-0.05, 0) is 0 Å². The molecule has 4 heteroatoms. The van der Waals surface area contributed by atoms with Gasteiger partial charge in [-0.25, -0.2) is 0 Å². The summed E-state index contributed by atoms with van der Waals surface area (Å²) in [5.74, 6) is 0. The second-order valence-corrected chi connectivity index (χ2v) is 35.7. The second-order valence-electron chi connectivity index (χ2n) is 10.8. The summed E-state index contributed by atoms with van der Waals surface area (Å²) in [5, 5.41) is 0. The van der Waals surface area contributed by atoms with Crippen molar-refractivity contribution < 1.29 is 44.9 Å². The van der Waals surface area contributed by atoms with Gasteiger partial charge in [0.1, 0.15) is 0 Å². The second kappa shape index (κ2) is 13.3. The molecule has 6 rings (SSSR count). The molecule has 40 heavy (non-hydrogen) atoms. The predicted octanol–water partition coefficient (Wildman–Crippen LogP) is 4.29. The molecule has 4 aromatic carbocycles. The minimum Gasteiger partial charge on any atom is -1.00 e. The quantitative estimate of drug-likeness (QED) is 0.259. The molecule has 2 unspecified atom stereocenters. The summed E-state index contributed by atoms with van der Waals surface area (Å²) >= 11 is -2.32. The summed E-state index contributed by atoms with van der Waals surface area (Å²) in [6.07, 6.45) is 7.52. The smallest absolute Gasteiger partial charge is 1.00 e. The third kappa shape index (κ3) is 5.45. The molecule has 0 nitrogen and oxygen atoms in total. The molecule has 0 aromatic heterocycles.